The third-order valence-electron chi connectivity index (χ3n) is 3.39. The normalized spacial score (nSPS) is 17.0. The number of rotatable bonds is 5. The summed E-state index contributed by atoms with van der Waals surface area (Å²) >= 11 is 0. The topological polar surface area (TPSA) is 102 Å². The monoisotopic (exact) mass is 303 g/mol. The molecule has 22 heavy (non-hydrogen) atoms. The van der Waals surface area contributed by atoms with Gasteiger partial charge in [0.05, 0.1) is 19.2 Å². The van der Waals surface area contributed by atoms with Gasteiger partial charge in [-0.1, -0.05) is 6.92 Å². The Kier molecular flexibility index (Phi) is 3.90. The van der Waals surface area contributed by atoms with Gasteiger partial charge in [0.15, 0.2) is 5.82 Å². The molecule has 2 N–H and O–H groups in total. The summed E-state index contributed by atoms with van der Waals surface area (Å²) in [6, 6.07) is 2.84. The van der Waals surface area contributed by atoms with E-state index in [4.69, 9.17) is 4.42 Å². The number of aromatic nitrogens is 3. The van der Waals surface area contributed by atoms with Gasteiger partial charge in [-0.25, -0.2) is 4.68 Å². The van der Waals surface area contributed by atoms with Crippen molar-refractivity contribution in [3.63, 3.8) is 0 Å². The average molecular weight is 303 g/mol. The van der Waals surface area contributed by atoms with Gasteiger partial charge in [-0.3, -0.25) is 14.9 Å². The van der Waals surface area contributed by atoms with Crippen molar-refractivity contribution in [3.8, 4) is 0 Å². The number of aryl methyl sites for hydroxylation is 1. The van der Waals surface area contributed by atoms with Crippen LogP contribution in [-0.4, -0.2) is 26.6 Å². The third-order valence-corrected chi connectivity index (χ3v) is 3.39. The highest BCUT2D eigenvalue weighted by molar-refractivity contribution is 5.96. The lowest BCUT2D eigenvalue weighted by molar-refractivity contribution is -0.129. The minimum Gasteiger partial charge on any atom is -0.467 e. The summed E-state index contributed by atoms with van der Waals surface area (Å²) in [6.45, 7) is 2.29. The quantitative estimate of drug-likeness (QED) is 0.858. The SMILES string of the molecule is CCCc1nc2n(n1)C(C(=O)NCc1ccco1)CC(=O)N2. The van der Waals surface area contributed by atoms with Crippen molar-refractivity contribution in [1.82, 2.24) is 20.1 Å². The maximum atomic E-state index is 12.3. The molecule has 0 fully saturated rings. The lowest BCUT2D eigenvalue weighted by Crippen LogP contribution is -2.39. The van der Waals surface area contributed by atoms with E-state index in [9.17, 15) is 9.59 Å². The second kappa shape index (κ2) is 6.00. The van der Waals surface area contributed by atoms with Crippen LogP contribution < -0.4 is 10.6 Å². The molecule has 0 saturated carbocycles. The molecule has 1 atom stereocenters. The fourth-order valence-corrected chi connectivity index (χ4v) is 2.35. The molecule has 0 radical (unpaired) electrons. The van der Waals surface area contributed by atoms with Gasteiger partial charge in [0.25, 0.3) is 0 Å². The fraction of sp³-hybridized carbons (Fsp3) is 0.429. The van der Waals surface area contributed by atoms with Gasteiger partial charge in [0.1, 0.15) is 11.8 Å². The first kappa shape index (κ1) is 14.3. The molecule has 116 valence electrons. The Balaban J connectivity index is 1.75. The number of nitrogens with zero attached hydrogens (tertiary/aromatic N) is 3. The zero-order chi connectivity index (χ0) is 15.5. The van der Waals surface area contributed by atoms with Crippen LogP contribution in [0.2, 0.25) is 0 Å². The van der Waals surface area contributed by atoms with Gasteiger partial charge in [-0.15, -0.1) is 0 Å². The van der Waals surface area contributed by atoms with Crippen LogP contribution in [0.15, 0.2) is 22.8 Å². The molecule has 0 saturated heterocycles. The second-order valence-corrected chi connectivity index (χ2v) is 5.11. The summed E-state index contributed by atoms with van der Waals surface area (Å²) < 4.78 is 6.66. The van der Waals surface area contributed by atoms with Gasteiger partial charge < -0.3 is 9.73 Å². The second-order valence-electron chi connectivity index (χ2n) is 5.11. The molecular weight excluding hydrogens is 286 g/mol. The maximum Gasteiger partial charge on any atom is 0.245 e. The number of amides is 2. The number of carbonyl (C=O) groups is 2. The Morgan fingerprint density at radius 3 is 3.18 bits per heavy atom. The number of carbonyl (C=O) groups excluding carboxylic acids is 2. The Morgan fingerprint density at radius 1 is 1.59 bits per heavy atom. The Bertz CT molecular complexity index is 677. The van der Waals surface area contributed by atoms with Crippen LogP contribution in [0.1, 0.15) is 37.4 Å². The van der Waals surface area contributed by atoms with Crippen molar-refractivity contribution >= 4 is 17.8 Å². The number of anilines is 1. The fourth-order valence-electron chi connectivity index (χ4n) is 2.35. The number of furan rings is 1. The van der Waals surface area contributed by atoms with E-state index in [2.05, 4.69) is 20.7 Å². The molecule has 2 amide bonds. The Morgan fingerprint density at radius 2 is 2.45 bits per heavy atom. The molecule has 3 heterocycles. The van der Waals surface area contributed by atoms with Crippen molar-refractivity contribution in [2.45, 2.75) is 38.8 Å². The van der Waals surface area contributed by atoms with Crippen LogP contribution in [0.5, 0.6) is 0 Å². The molecular formula is C14H17N5O3. The summed E-state index contributed by atoms with van der Waals surface area (Å²) in [6.07, 6.45) is 3.19. The summed E-state index contributed by atoms with van der Waals surface area (Å²) in [5.41, 5.74) is 0. The van der Waals surface area contributed by atoms with Gasteiger partial charge in [-0.2, -0.15) is 10.1 Å². The smallest absolute Gasteiger partial charge is 0.245 e. The minimum absolute atomic E-state index is 0.0475. The van der Waals surface area contributed by atoms with Crippen LogP contribution in [0.4, 0.5) is 5.95 Å². The minimum atomic E-state index is -0.684. The molecule has 8 heteroatoms. The molecule has 0 bridgehead atoms. The van der Waals surface area contributed by atoms with Crippen molar-refractivity contribution < 1.29 is 14.0 Å². The molecule has 0 spiro atoms. The van der Waals surface area contributed by atoms with Gasteiger partial charge in [0.2, 0.25) is 17.8 Å². The molecule has 0 aromatic carbocycles. The lowest BCUT2D eigenvalue weighted by Gasteiger charge is -2.22. The van der Waals surface area contributed by atoms with Crippen LogP contribution in [-0.2, 0) is 22.6 Å². The molecule has 8 nitrogen and oxygen atoms in total. The van der Waals surface area contributed by atoms with Crippen LogP contribution in [0, 0.1) is 0 Å². The van der Waals surface area contributed by atoms with E-state index < -0.39 is 6.04 Å². The van der Waals surface area contributed by atoms with E-state index in [1.165, 1.54) is 4.68 Å². The molecule has 0 aliphatic carbocycles. The Labute approximate surface area is 126 Å². The zero-order valence-electron chi connectivity index (χ0n) is 12.2. The molecule has 1 aliphatic rings. The summed E-state index contributed by atoms with van der Waals surface area (Å²) in [7, 11) is 0. The van der Waals surface area contributed by atoms with Gasteiger partial charge in [0, 0.05) is 6.42 Å². The third kappa shape index (κ3) is 2.85. The number of nitrogens with one attached hydrogen (secondary N) is 2. The molecule has 1 unspecified atom stereocenters. The molecule has 2 aromatic rings. The predicted molar refractivity (Wildman–Crippen MR) is 76.9 cm³/mol. The largest absolute Gasteiger partial charge is 0.467 e. The van der Waals surface area contributed by atoms with E-state index in [-0.39, 0.29) is 24.8 Å². The maximum absolute atomic E-state index is 12.3. The van der Waals surface area contributed by atoms with E-state index in [1.54, 1.807) is 18.4 Å². The highest BCUT2D eigenvalue weighted by Crippen LogP contribution is 2.23. The van der Waals surface area contributed by atoms with E-state index in [0.717, 1.165) is 6.42 Å². The van der Waals surface area contributed by atoms with Gasteiger partial charge in [-0.05, 0) is 18.6 Å². The summed E-state index contributed by atoms with van der Waals surface area (Å²) in [4.78, 5) is 28.4. The lowest BCUT2D eigenvalue weighted by atomic mass is 10.1. The average Bonchev–Trinajstić information content (AvgIpc) is 3.13. The van der Waals surface area contributed by atoms with Crippen molar-refractivity contribution in [2.24, 2.45) is 0 Å². The van der Waals surface area contributed by atoms with Crippen LogP contribution in [0.3, 0.4) is 0 Å². The summed E-state index contributed by atoms with van der Waals surface area (Å²) in [5.74, 6) is 1.10. The first-order valence-electron chi connectivity index (χ1n) is 7.22. The Hall–Kier alpha value is -2.64. The number of hydrogen-bond donors (Lipinski definition) is 2. The van der Waals surface area contributed by atoms with E-state index in [1.807, 2.05) is 6.92 Å². The van der Waals surface area contributed by atoms with Crippen molar-refractivity contribution in [2.75, 3.05) is 5.32 Å². The first-order valence-corrected chi connectivity index (χ1v) is 7.22. The first-order chi connectivity index (χ1) is 10.7. The zero-order valence-corrected chi connectivity index (χ0v) is 12.2. The van der Waals surface area contributed by atoms with Crippen molar-refractivity contribution in [3.05, 3.63) is 30.0 Å². The van der Waals surface area contributed by atoms with E-state index >= 15 is 0 Å². The molecule has 2 aromatic heterocycles. The highest BCUT2D eigenvalue weighted by Gasteiger charge is 2.32. The molecule has 3 rings (SSSR count). The van der Waals surface area contributed by atoms with Crippen LogP contribution in [0.25, 0.3) is 0 Å². The number of hydrogen-bond acceptors (Lipinski definition) is 5. The van der Waals surface area contributed by atoms with Crippen LogP contribution >= 0.6 is 0 Å². The predicted octanol–water partition coefficient (Wildman–Crippen LogP) is 1.02. The van der Waals surface area contributed by atoms with Gasteiger partial charge >= 0.3 is 0 Å². The molecule has 1 aliphatic heterocycles. The number of fused-ring (bicyclic) bond motifs is 1. The summed E-state index contributed by atoms with van der Waals surface area (Å²) in [5, 5.41) is 9.73. The van der Waals surface area contributed by atoms with Crippen molar-refractivity contribution in [1.29, 1.82) is 0 Å². The van der Waals surface area contributed by atoms with E-state index in [0.29, 0.717) is 24.0 Å². The standard InChI is InChI=1S/C14H17N5O3/c1-2-4-11-16-14-17-12(20)7-10(19(14)18-11)13(21)15-8-9-5-3-6-22-9/h3,5-6,10H,2,4,7-8H2,1H3,(H,15,21)(H,16,17,18,20). The highest BCUT2D eigenvalue weighted by atomic mass is 16.3.